The van der Waals surface area contributed by atoms with Crippen LogP contribution in [-0.2, 0) is 14.6 Å². The van der Waals surface area contributed by atoms with E-state index >= 15 is 0 Å². The molecule has 1 aliphatic heterocycles. The van der Waals surface area contributed by atoms with Gasteiger partial charge >= 0.3 is 0 Å². The number of hydrogen-bond acceptors (Lipinski definition) is 8. The Kier molecular flexibility index (Phi) is 5.39. The molecule has 2 heterocycles. The second-order valence-corrected chi connectivity index (χ2v) is 9.84. The molecule has 0 bridgehead atoms. The number of carbonyl (C=O) groups excluding carboxylic acids is 1. The maximum absolute atomic E-state index is 12.5. The second-order valence-electron chi connectivity index (χ2n) is 6.85. The molecule has 0 aliphatic carbocycles. The van der Waals surface area contributed by atoms with Gasteiger partial charge in [-0.05, 0) is 18.2 Å². The number of benzene rings is 2. The Balaban J connectivity index is 1.40. The van der Waals surface area contributed by atoms with Crippen LogP contribution in [-0.4, -0.2) is 61.1 Å². The van der Waals surface area contributed by atoms with E-state index < -0.39 is 26.4 Å². The minimum Gasteiger partial charge on any atom is -0.345 e. The molecule has 3 aromatic rings. The Morgan fingerprint density at radius 1 is 1.10 bits per heavy atom. The molecule has 1 aliphatic rings. The predicted octanol–water partition coefficient (Wildman–Crippen LogP) is 2.33. The highest BCUT2D eigenvalue weighted by molar-refractivity contribution is 7.92. The smallest absolute Gasteiger partial charge is 0.270 e. The van der Waals surface area contributed by atoms with Crippen molar-refractivity contribution in [2.24, 2.45) is 0 Å². The van der Waals surface area contributed by atoms with Crippen LogP contribution in [0.1, 0.15) is 0 Å². The first-order chi connectivity index (χ1) is 14.3. The fourth-order valence-corrected chi connectivity index (χ4v) is 5.56. The van der Waals surface area contributed by atoms with E-state index in [2.05, 4.69) is 4.98 Å². The van der Waals surface area contributed by atoms with Crippen molar-refractivity contribution in [2.75, 3.05) is 36.8 Å². The van der Waals surface area contributed by atoms with E-state index in [0.717, 1.165) is 9.83 Å². The summed E-state index contributed by atoms with van der Waals surface area (Å²) in [5, 5.41) is 11.7. The molecular weight excluding hydrogens is 428 g/mol. The van der Waals surface area contributed by atoms with Crippen LogP contribution in [0, 0.1) is 10.1 Å². The van der Waals surface area contributed by atoms with Crippen LogP contribution in [0.15, 0.2) is 53.4 Å². The van der Waals surface area contributed by atoms with E-state index in [0.29, 0.717) is 31.7 Å². The molecule has 0 saturated carbocycles. The molecule has 1 fully saturated rings. The van der Waals surface area contributed by atoms with Crippen LogP contribution in [0.3, 0.4) is 0 Å². The van der Waals surface area contributed by atoms with Gasteiger partial charge in [0.05, 0.1) is 20.0 Å². The molecule has 1 amide bonds. The number of aromatic nitrogens is 1. The molecule has 2 aromatic carbocycles. The predicted molar refractivity (Wildman–Crippen MR) is 114 cm³/mol. The summed E-state index contributed by atoms with van der Waals surface area (Å²) >= 11 is 1.36. The lowest BCUT2D eigenvalue weighted by atomic mass is 10.3. The Morgan fingerprint density at radius 2 is 1.80 bits per heavy atom. The van der Waals surface area contributed by atoms with Crippen LogP contribution < -0.4 is 4.90 Å². The van der Waals surface area contributed by atoms with Crippen molar-refractivity contribution >= 4 is 48.1 Å². The number of amides is 1. The molecule has 0 radical (unpaired) electrons. The summed E-state index contributed by atoms with van der Waals surface area (Å²) in [5.74, 6) is -0.972. The quantitative estimate of drug-likeness (QED) is 0.436. The van der Waals surface area contributed by atoms with Gasteiger partial charge in [0.2, 0.25) is 5.91 Å². The highest BCUT2D eigenvalue weighted by Gasteiger charge is 2.27. The number of sulfone groups is 1. The van der Waals surface area contributed by atoms with E-state index in [1.165, 1.54) is 35.6 Å². The van der Waals surface area contributed by atoms with Gasteiger partial charge in [-0.25, -0.2) is 13.4 Å². The summed E-state index contributed by atoms with van der Waals surface area (Å²) in [4.78, 5) is 31.3. The van der Waals surface area contributed by atoms with E-state index in [9.17, 15) is 23.3 Å². The van der Waals surface area contributed by atoms with E-state index in [1.807, 2.05) is 4.90 Å². The number of nitro benzene ring substituents is 1. The zero-order valence-corrected chi connectivity index (χ0v) is 17.4. The number of thiazole rings is 1. The Labute approximate surface area is 176 Å². The standard InChI is InChI=1S/C19H18N4O5S2/c24-18(13-30(27,28)15-4-2-1-3-5-15)21-8-10-22(11-9-21)19-20-16-7-6-14(23(25)26)12-17(16)29-19/h1-7,12H,8-11,13H2. The monoisotopic (exact) mass is 446 g/mol. The molecule has 1 saturated heterocycles. The molecule has 0 spiro atoms. The summed E-state index contributed by atoms with van der Waals surface area (Å²) in [7, 11) is -3.67. The van der Waals surface area contributed by atoms with Crippen molar-refractivity contribution in [1.82, 2.24) is 9.88 Å². The minimum atomic E-state index is -3.67. The third kappa shape index (κ3) is 4.12. The number of nitro groups is 1. The van der Waals surface area contributed by atoms with E-state index in [-0.39, 0.29) is 10.6 Å². The number of rotatable bonds is 5. The Morgan fingerprint density at radius 3 is 2.47 bits per heavy atom. The number of anilines is 1. The van der Waals surface area contributed by atoms with Gasteiger partial charge in [-0.15, -0.1) is 0 Å². The Hall–Kier alpha value is -3.05. The van der Waals surface area contributed by atoms with Crippen molar-refractivity contribution in [2.45, 2.75) is 4.90 Å². The van der Waals surface area contributed by atoms with Crippen LogP contribution in [0.25, 0.3) is 10.2 Å². The molecule has 0 unspecified atom stereocenters. The Bertz CT molecular complexity index is 1200. The van der Waals surface area contributed by atoms with Crippen molar-refractivity contribution in [3.63, 3.8) is 0 Å². The van der Waals surface area contributed by atoms with Crippen molar-refractivity contribution in [3.05, 3.63) is 58.6 Å². The first kappa shape index (κ1) is 20.2. The average Bonchev–Trinajstić information content (AvgIpc) is 3.17. The summed E-state index contributed by atoms with van der Waals surface area (Å²) in [6.07, 6.45) is 0. The lowest BCUT2D eigenvalue weighted by molar-refractivity contribution is -0.384. The topological polar surface area (TPSA) is 114 Å². The summed E-state index contributed by atoms with van der Waals surface area (Å²) in [5.41, 5.74) is 0.709. The van der Waals surface area contributed by atoms with Gasteiger partial charge in [-0.3, -0.25) is 14.9 Å². The number of nitrogens with zero attached hydrogens (tertiary/aromatic N) is 4. The molecular formula is C19H18N4O5S2. The zero-order chi connectivity index (χ0) is 21.3. The van der Waals surface area contributed by atoms with Gasteiger partial charge in [-0.2, -0.15) is 0 Å². The molecule has 30 heavy (non-hydrogen) atoms. The van der Waals surface area contributed by atoms with Crippen LogP contribution >= 0.6 is 11.3 Å². The lowest BCUT2D eigenvalue weighted by Crippen LogP contribution is -2.50. The molecule has 11 heteroatoms. The van der Waals surface area contributed by atoms with Crippen LogP contribution in [0.5, 0.6) is 0 Å². The third-order valence-electron chi connectivity index (χ3n) is 4.89. The zero-order valence-electron chi connectivity index (χ0n) is 15.8. The van der Waals surface area contributed by atoms with Crippen molar-refractivity contribution < 1.29 is 18.1 Å². The lowest BCUT2D eigenvalue weighted by Gasteiger charge is -2.34. The van der Waals surface area contributed by atoms with Gasteiger partial charge in [0.25, 0.3) is 5.69 Å². The number of non-ortho nitro benzene ring substituents is 1. The van der Waals surface area contributed by atoms with Gasteiger partial charge in [0, 0.05) is 38.3 Å². The molecule has 0 atom stereocenters. The largest absolute Gasteiger partial charge is 0.345 e. The molecule has 1 aromatic heterocycles. The summed E-state index contributed by atoms with van der Waals surface area (Å²) in [6, 6.07) is 12.5. The van der Waals surface area contributed by atoms with E-state index in [1.54, 1.807) is 29.2 Å². The number of fused-ring (bicyclic) bond motifs is 1. The normalized spacial score (nSPS) is 14.8. The molecule has 9 nitrogen and oxygen atoms in total. The van der Waals surface area contributed by atoms with E-state index in [4.69, 9.17) is 0 Å². The molecule has 0 N–H and O–H groups in total. The number of piperazine rings is 1. The van der Waals surface area contributed by atoms with Gasteiger partial charge in [0.1, 0.15) is 5.75 Å². The molecule has 4 rings (SSSR count). The van der Waals surface area contributed by atoms with Crippen molar-refractivity contribution in [3.8, 4) is 0 Å². The highest BCUT2D eigenvalue weighted by atomic mass is 32.2. The number of hydrogen-bond donors (Lipinski definition) is 0. The maximum Gasteiger partial charge on any atom is 0.270 e. The summed E-state index contributed by atoms with van der Waals surface area (Å²) < 4.78 is 25.6. The SMILES string of the molecule is O=C(CS(=O)(=O)c1ccccc1)N1CCN(c2nc3ccc([N+](=O)[O-])cc3s2)CC1. The third-order valence-corrected chi connectivity index (χ3v) is 7.59. The summed E-state index contributed by atoms with van der Waals surface area (Å²) in [6.45, 7) is 1.80. The maximum atomic E-state index is 12.5. The second kappa shape index (κ2) is 8.00. The van der Waals surface area contributed by atoms with Crippen molar-refractivity contribution in [1.29, 1.82) is 0 Å². The average molecular weight is 447 g/mol. The molecule has 156 valence electrons. The van der Waals surface area contributed by atoms with Gasteiger partial charge < -0.3 is 9.80 Å². The first-order valence-electron chi connectivity index (χ1n) is 9.19. The van der Waals surface area contributed by atoms with Crippen LogP contribution in [0.4, 0.5) is 10.8 Å². The fraction of sp³-hybridized carbons (Fsp3) is 0.263. The minimum absolute atomic E-state index is 0.0211. The fourth-order valence-electron chi connectivity index (χ4n) is 3.26. The first-order valence-corrected chi connectivity index (χ1v) is 11.7. The van der Waals surface area contributed by atoms with Gasteiger partial charge in [0.15, 0.2) is 15.0 Å². The number of carbonyl (C=O) groups is 1. The van der Waals surface area contributed by atoms with Gasteiger partial charge in [-0.1, -0.05) is 29.5 Å². The van der Waals surface area contributed by atoms with Crippen LogP contribution in [0.2, 0.25) is 0 Å². The highest BCUT2D eigenvalue weighted by Crippen LogP contribution is 2.31.